The van der Waals surface area contributed by atoms with E-state index in [1.807, 2.05) is 36.4 Å². The first kappa shape index (κ1) is 16.0. The second kappa shape index (κ2) is 7.08. The number of halogens is 1. The second-order valence-corrected chi connectivity index (χ2v) is 6.99. The molecule has 0 heterocycles. The van der Waals surface area contributed by atoms with E-state index in [1.54, 1.807) is 0 Å². The molecule has 1 amide bonds. The number of alkyl halides is 1. The number of hydrogen-bond acceptors (Lipinski definition) is 1. The number of carbonyl (C=O) groups is 1. The molecule has 0 aromatic heterocycles. The number of fused-ring (bicyclic) bond motifs is 1. The van der Waals surface area contributed by atoms with Crippen LogP contribution in [0.1, 0.15) is 37.0 Å². The van der Waals surface area contributed by atoms with Crippen molar-refractivity contribution in [3.8, 4) is 0 Å². The van der Waals surface area contributed by atoms with Crippen molar-refractivity contribution in [3.05, 3.63) is 48.0 Å². The zero-order valence-electron chi connectivity index (χ0n) is 12.7. The minimum Gasteiger partial charge on any atom is -0.352 e. The van der Waals surface area contributed by atoms with Crippen LogP contribution in [0.5, 0.6) is 0 Å². The quantitative estimate of drug-likeness (QED) is 0.749. The van der Waals surface area contributed by atoms with Crippen LogP contribution in [-0.4, -0.2) is 17.8 Å². The maximum absolute atomic E-state index is 12.3. The van der Waals surface area contributed by atoms with Gasteiger partial charge in [0.05, 0.1) is 0 Å². The van der Waals surface area contributed by atoms with Crippen molar-refractivity contribution >= 4 is 32.6 Å². The van der Waals surface area contributed by atoms with Gasteiger partial charge in [0.25, 0.3) is 5.91 Å². The van der Waals surface area contributed by atoms with Gasteiger partial charge in [-0.15, -0.1) is 0 Å². The van der Waals surface area contributed by atoms with Gasteiger partial charge in [-0.25, -0.2) is 0 Å². The highest BCUT2D eigenvalue weighted by Crippen LogP contribution is 2.22. The molecule has 0 unspecified atom stereocenters. The van der Waals surface area contributed by atoms with E-state index < -0.39 is 0 Å². The molecule has 2 rings (SSSR count). The summed E-state index contributed by atoms with van der Waals surface area (Å²) in [5.41, 5.74) is 0.852. The first-order valence-electron chi connectivity index (χ1n) is 7.35. The molecule has 0 aliphatic rings. The van der Waals surface area contributed by atoms with Gasteiger partial charge >= 0.3 is 0 Å². The topological polar surface area (TPSA) is 29.1 Å². The summed E-state index contributed by atoms with van der Waals surface area (Å²) < 4.78 is 0. The maximum Gasteiger partial charge on any atom is 0.251 e. The van der Waals surface area contributed by atoms with E-state index in [0.29, 0.717) is 6.54 Å². The van der Waals surface area contributed by atoms with E-state index in [0.717, 1.165) is 34.5 Å². The van der Waals surface area contributed by atoms with Crippen LogP contribution in [0, 0.1) is 5.41 Å². The summed E-state index contributed by atoms with van der Waals surface area (Å²) in [5, 5.41) is 6.33. The Balaban J connectivity index is 2.02. The molecule has 0 atom stereocenters. The van der Waals surface area contributed by atoms with Gasteiger partial charge in [0, 0.05) is 17.4 Å². The Kier molecular flexibility index (Phi) is 5.40. The summed E-state index contributed by atoms with van der Waals surface area (Å²) >= 11 is 3.45. The summed E-state index contributed by atoms with van der Waals surface area (Å²) in [7, 11) is 0. The fraction of sp³-hybridized carbons (Fsp3) is 0.389. The number of amides is 1. The zero-order chi connectivity index (χ0) is 15.3. The van der Waals surface area contributed by atoms with Gasteiger partial charge in [-0.1, -0.05) is 60.1 Å². The van der Waals surface area contributed by atoms with Crippen LogP contribution in [0.4, 0.5) is 0 Å². The van der Waals surface area contributed by atoms with Crippen molar-refractivity contribution < 1.29 is 4.79 Å². The smallest absolute Gasteiger partial charge is 0.251 e. The Morgan fingerprint density at radius 2 is 1.86 bits per heavy atom. The summed E-state index contributed by atoms with van der Waals surface area (Å²) in [5.74, 6) is 0.00710. The molecule has 112 valence electrons. The van der Waals surface area contributed by atoms with Crippen LogP contribution in [0.2, 0.25) is 0 Å². The van der Waals surface area contributed by atoms with Crippen molar-refractivity contribution in [1.82, 2.24) is 5.32 Å². The third-order valence-electron chi connectivity index (χ3n) is 3.73. The Hall–Kier alpha value is -1.35. The highest BCUT2D eigenvalue weighted by molar-refractivity contribution is 9.09. The fourth-order valence-corrected chi connectivity index (χ4v) is 2.67. The molecule has 0 aliphatic heterocycles. The lowest BCUT2D eigenvalue weighted by Crippen LogP contribution is -2.34. The predicted molar refractivity (Wildman–Crippen MR) is 93.1 cm³/mol. The minimum atomic E-state index is 0.00710. The van der Waals surface area contributed by atoms with Gasteiger partial charge in [0.2, 0.25) is 0 Å². The third kappa shape index (κ3) is 4.57. The lowest BCUT2D eigenvalue weighted by molar-refractivity contribution is 0.0934. The molecular formula is C18H22BrNO. The van der Waals surface area contributed by atoms with Crippen LogP contribution >= 0.6 is 15.9 Å². The average Bonchev–Trinajstić information content (AvgIpc) is 2.50. The summed E-state index contributed by atoms with van der Waals surface area (Å²) in [4.78, 5) is 12.3. The van der Waals surface area contributed by atoms with E-state index in [2.05, 4.69) is 41.2 Å². The number of nitrogens with one attached hydrogen (secondary N) is 1. The Morgan fingerprint density at radius 3 is 2.57 bits per heavy atom. The van der Waals surface area contributed by atoms with E-state index in [4.69, 9.17) is 0 Å². The molecular weight excluding hydrogens is 326 g/mol. The van der Waals surface area contributed by atoms with Crippen molar-refractivity contribution in [2.45, 2.75) is 26.7 Å². The largest absolute Gasteiger partial charge is 0.352 e. The second-order valence-electron chi connectivity index (χ2n) is 6.20. The predicted octanol–water partition coefficient (Wildman–Crippen LogP) is 4.77. The average molecular weight is 348 g/mol. The van der Waals surface area contributed by atoms with Crippen molar-refractivity contribution in [2.24, 2.45) is 5.41 Å². The number of carbonyl (C=O) groups excluding carboxylic acids is 1. The molecule has 3 heteroatoms. The molecule has 1 N–H and O–H groups in total. The molecule has 21 heavy (non-hydrogen) atoms. The fourth-order valence-electron chi connectivity index (χ4n) is 2.39. The first-order valence-corrected chi connectivity index (χ1v) is 8.47. The van der Waals surface area contributed by atoms with Gasteiger partial charge in [-0.05, 0) is 41.2 Å². The molecule has 0 spiro atoms. The van der Waals surface area contributed by atoms with Gasteiger partial charge in [0.1, 0.15) is 0 Å². The van der Waals surface area contributed by atoms with Crippen LogP contribution < -0.4 is 5.32 Å². The molecule has 0 radical (unpaired) electrons. The summed E-state index contributed by atoms with van der Waals surface area (Å²) in [6.07, 6.45) is 2.22. The lowest BCUT2D eigenvalue weighted by atomic mass is 9.88. The normalized spacial score (nSPS) is 11.6. The van der Waals surface area contributed by atoms with Crippen LogP contribution in [-0.2, 0) is 0 Å². The van der Waals surface area contributed by atoms with Gasteiger partial charge < -0.3 is 5.32 Å². The van der Waals surface area contributed by atoms with Gasteiger partial charge in [-0.3, -0.25) is 4.79 Å². The molecule has 2 aromatic carbocycles. The molecule has 2 aromatic rings. The van der Waals surface area contributed by atoms with Crippen LogP contribution in [0.3, 0.4) is 0 Å². The highest BCUT2D eigenvalue weighted by Gasteiger charge is 2.18. The van der Waals surface area contributed by atoms with Crippen LogP contribution in [0.25, 0.3) is 10.8 Å². The molecule has 0 fully saturated rings. The van der Waals surface area contributed by atoms with E-state index in [1.165, 1.54) is 0 Å². The van der Waals surface area contributed by atoms with Crippen molar-refractivity contribution in [2.75, 3.05) is 11.9 Å². The molecule has 0 saturated heterocycles. The standard InChI is InChI=1S/C18H22BrNO/c1-18(2,10-5-11-19)13-20-17(21)16-9-8-14-6-3-4-7-15(14)12-16/h3-4,6-9,12H,5,10-11,13H2,1-2H3,(H,20,21). The van der Waals surface area contributed by atoms with E-state index >= 15 is 0 Å². The molecule has 0 bridgehead atoms. The van der Waals surface area contributed by atoms with Crippen LogP contribution in [0.15, 0.2) is 42.5 Å². The number of hydrogen-bond donors (Lipinski definition) is 1. The minimum absolute atomic E-state index is 0.00710. The van der Waals surface area contributed by atoms with Crippen molar-refractivity contribution in [3.63, 3.8) is 0 Å². The van der Waals surface area contributed by atoms with E-state index in [-0.39, 0.29) is 11.3 Å². The SMILES string of the molecule is CC(C)(CCCBr)CNC(=O)c1ccc2ccccc2c1. The lowest BCUT2D eigenvalue weighted by Gasteiger charge is -2.24. The Bertz CT molecular complexity index is 621. The maximum atomic E-state index is 12.3. The Labute approximate surface area is 135 Å². The molecule has 0 aliphatic carbocycles. The van der Waals surface area contributed by atoms with Gasteiger partial charge in [-0.2, -0.15) is 0 Å². The Morgan fingerprint density at radius 1 is 1.14 bits per heavy atom. The monoisotopic (exact) mass is 347 g/mol. The third-order valence-corrected chi connectivity index (χ3v) is 4.29. The van der Waals surface area contributed by atoms with Gasteiger partial charge in [0.15, 0.2) is 0 Å². The molecule has 2 nitrogen and oxygen atoms in total. The zero-order valence-corrected chi connectivity index (χ0v) is 14.2. The summed E-state index contributed by atoms with van der Waals surface area (Å²) in [6.45, 7) is 5.08. The van der Waals surface area contributed by atoms with E-state index in [9.17, 15) is 4.79 Å². The summed E-state index contributed by atoms with van der Waals surface area (Å²) in [6, 6.07) is 13.9. The molecule has 0 saturated carbocycles. The number of rotatable bonds is 6. The number of benzene rings is 2. The highest BCUT2D eigenvalue weighted by atomic mass is 79.9. The van der Waals surface area contributed by atoms with Crippen molar-refractivity contribution in [1.29, 1.82) is 0 Å². The first-order chi connectivity index (χ1) is 10.0.